The summed E-state index contributed by atoms with van der Waals surface area (Å²) in [5.41, 5.74) is 1.05. The molecule has 0 aliphatic heterocycles. The molecule has 2 heteroatoms. The average Bonchev–Trinajstić information content (AvgIpc) is 2.03. The second-order valence-corrected chi connectivity index (χ2v) is 1.91. The molecule has 0 N–H and O–H groups in total. The van der Waals surface area contributed by atoms with Crippen molar-refractivity contribution in [1.82, 2.24) is 0 Å². The molecular weight excluding hydrogens is 123 g/mol. The van der Waals surface area contributed by atoms with Crippen LogP contribution in [0.15, 0.2) is 36.3 Å². The number of hydrogen-bond acceptors (Lipinski definition) is 1. The van der Waals surface area contributed by atoms with Crippen LogP contribution in [0.4, 0.5) is 0 Å². The van der Waals surface area contributed by atoms with Crippen LogP contribution < -0.4 is 0 Å². The Balaban J connectivity index is 2.76. The Kier molecular flexibility index (Phi) is 2.62. The zero-order valence-corrected chi connectivity index (χ0v) is 5.53. The third-order valence-corrected chi connectivity index (χ3v) is 1.17. The molecule has 0 bridgehead atoms. The molecule has 1 aromatic carbocycles. The Labute approximate surface area is 60.6 Å². The summed E-state index contributed by atoms with van der Waals surface area (Å²) >= 11 is 0. The molecule has 0 saturated heterocycles. The molecular formula is C8H7BO. The van der Waals surface area contributed by atoms with E-state index in [4.69, 9.17) is 0 Å². The van der Waals surface area contributed by atoms with Gasteiger partial charge >= 0.3 is 59.8 Å². The Hall–Kier alpha value is -1.18. The molecule has 0 aliphatic carbocycles. The Morgan fingerprint density at radius 2 is 1.90 bits per heavy atom. The predicted molar refractivity (Wildman–Crippen MR) is 41.9 cm³/mol. The summed E-state index contributed by atoms with van der Waals surface area (Å²) in [6, 6.07) is 9.70. The average molecular weight is 130 g/mol. The SMILES string of the molecule is O=BC=Cc1ccccc1. The molecule has 48 valence electrons. The van der Waals surface area contributed by atoms with Crippen LogP contribution in [-0.4, -0.2) is 7.15 Å². The molecule has 0 spiro atoms. The zero-order chi connectivity index (χ0) is 7.23. The summed E-state index contributed by atoms with van der Waals surface area (Å²) in [6.07, 6.45) is 1.77. The van der Waals surface area contributed by atoms with Crippen molar-refractivity contribution in [2.45, 2.75) is 0 Å². The monoisotopic (exact) mass is 130 g/mol. The minimum absolute atomic E-state index is 0.771. The van der Waals surface area contributed by atoms with Crippen LogP contribution in [0.25, 0.3) is 6.08 Å². The fourth-order valence-corrected chi connectivity index (χ4v) is 0.715. The third kappa shape index (κ3) is 1.98. The van der Waals surface area contributed by atoms with Crippen molar-refractivity contribution in [2.75, 3.05) is 0 Å². The van der Waals surface area contributed by atoms with Gasteiger partial charge in [0.2, 0.25) is 0 Å². The Bertz CT molecular complexity index is 228. The molecule has 0 atom stereocenters. The fraction of sp³-hybridized carbons (Fsp3) is 0. The molecule has 1 nitrogen and oxygen atoms in total. The maximum atomic E-state index is 9.89. The number of rotatable bonds is 2. The molecule has 1 rings (SSSR count). The zero-order valence-electron chi connectivity index (χ0n) is 5.53. The standard InChI is InChI=1S/C8H7BO/c10-9-7-6-8-4-2-1-3-5-8/h1-7H. The van der Waals surface area contributed by atoms with Gasteiger partial charge in [0.25, 0.3) is 0 Å². The summed E-state index contributed by atoms with van der Waals surface area (Å²) in [5.74, 6) is 1.48. The second kappa shape index (κ2) is 3.78. The summed E-state index contributed by atoms with van der Waals surface area (Å²) in [6.45, 7) is 0. The minimum atomic E-state index is 0.771. The molecule has 0 unspecified atom stereocenters. The Morgan fingerprint density at radius 3 is 2.50 bits per heavy atom. The van der Waals surface area contributed by atoms with Crippen LogP contribution in [0.5, 0.6) is 0 Å². The summed E-state index contributed by atoms with van der Waals surface area (Å²) < 4.78 is 9.89. The van der Waals surface area contributed by atoms with Crippen LogP contribution in [0.2, 0.25) is 0 Å². The van der Waals surface area contributed by atoms with Crippen molar-refractivity contribution in [3.63, 3.8) is 0 Å². The summed E-state index contributed by atoms with van der Waals surface area (Å²) in [5, 5.41) is 0. The van der Waals surface area contributed by atoms with E-state index in [9.17, 15) is 4.70 Å². The van der Waals surface area contributed by atoms with E-state index in [1.807, 2.05) is 30.3 Å². The van der Waals surface area contributed by atoms with E-state index in [2.05, 4.69) is 0 Å². The summed E-state index contributed by atoms with van der Waals surface area (Å²) in [7, 11) is 0.771. The van der Waals surface area contributed by atoms with Crippen LogP contribution in [0.3, 0.4) is 0 Å². The van der Waals surface area contributed by atoms with Gasteiger partial charge in [0, 0.05) is 0 Å². The fourth-order valence-electron chi connectivity index (χ4n) is 0.715. The quantitative estimate of drug-likeness (QED) is 0.556. The van der Waals surface area contributed by atoms with Crippen LogP contribution in [0, 0.1) is 0 Å². The van der Waals surface area contributed by atoms with Crippen molar-refractivity contribution < 1.29 is 4.70 Å². The van der Waals surface area contributed by atoms with E-state index in [0.29, 0.717) is 0 Å². The van der Waals surface area contributed by atoms with Crippen LogP contribution >= 0.6 is 0 Å². The first-order chi connectivity index (χ1) is 4.93. The first-order valence-electron chi connectivity index (χ1n) is 3.10. The van der Waals surface area contributed by atoms with Crippen molar-refractivity contribution >= 4 is 13.2 Å². The summed E-state index contributed by atoms with van der Waals surface area (Å²) in [4.78, 5) is 0. The van der Waals surface area contributed by atoms with Gasteiger partial charge in [-0.25, -0.2) is 0 Å². The molecule has 0 aromatic heterocycles. The topological polar surface area (TPSA) is 17.1 Å². The van der Waals surface area contributed by atoms with E-state index < -0.39 is 0 Å². The van der Waals surface area contributed by atoms with Crippen LogP contribution in [0.1, 0.15) is 5.56 Å². The van der Waals surface area contributed by atoms with Crippen molar-refractivity contribution in [1.29, 1.82) is 0 Å². The van der Waals surface area contributed by atoms with Gasteiger partial charge < -0.3 is 0 Å². The third-order valence-electron chi connectivity index (χ3n) is 1.17. The molecule has 0 aliphatic rings. The normalized spacial score (nSPS) is 9.60. The van der Waals surface area contributed by atoms with Gasteiger partial charge in [0.15, 0.2) is 0 Å². The van der Waals surface area contributed by atoms with Crippen molar-refractivity contribution in [2.24, 2.45) is 0 Å². The maximum absolute atomic E-state index is 9.89. The molecule has 0 radical (unpaired) electrons. The van der Waals surface area contributed by atoms with Gasteiger partial charge in [0.05, 0.1) is 0 Å². The molecule has 10 heavy (non-hydrogen) atoms. The van der Waals surface area contributed by atoms with Gasteiger partial charge in [-0.05, 0) is 0 Å². The van der Waals surface area contributed by atoms with Crippen molar-refractivity contribution in [3.05, 3.63) is 41.9 Å². The molecule has 0 fully saturated rings. The first kappa shape index (κ1) is 6.94. The van der Waals surface area contributed by atoms with Gasteiger partial charge in [0.1, 0.15) is 0 Å². The molecule has 0 amide bonds. The van der Waals surface area contributed by atoms with E-state index in [0.717, 1.165) is 12.7 Å². The van der Waals surface area contributed by atoms with Crippen LogP contribution in [-0.2, 0) is 4.70 Å². The van der Waals surface area contributed by atoms with E-state index >= 15 is 0 Å². The predicted octanol–water partition coefficient (Wildman–Crippen LogP) is 1.71. The molecule has 1 aromatic rings. The van der Waals surface area contributed by atoms with E-state index in [1.165, 1.54) is 5.98 Å². The molecule has 0 heterocycles. The number of hydrogen-bond donors (Lipinski definition) is 0. The van der Waals surface area contributed by atoms with E-state index in [1.54, 1.807) is 6.08 Å². The second-order valence-electron chi connectivity index (χ2n) is 1.91. The van der Waals surface area contributed by atoms with Crippen molar-refractivity contribution in [3.8, 4) is 0 Å². The number of benzene rings is 1. The van der Waals surface area contributed by atoms with Gasteiger partial charge in [-0.1, -0.05) is 0 Å². The first-order valence-corrected chi connectivity index (χ1v) is 3.10. The van der Waals surface area contributed by atoms with Gasteiger partial charge in [-0.3, -0.25) is 0 Å². The Morgan fingerprint density at radius 1 is 1.20 bits per heavy atom. The molecule has 0 saturated carbocycles. The van der Waals surface area contributed by atoms with Gasteiger partial charge in [-0.2, -0.15) is 0 Å². The van der Waals surface area contributed by atoms with E-state index in [-0.39, 0.29) is 0 Å². The van der Waals surface area contributed by atoms with Gasteiger partial charge in [-0.15, -0.1) is 0 Å².